The van der Waals surface area contributed by atoms with Crippen LogP contribution in [0.15, 0.2) is 42.7 Å². The summed E-state index contributed by atoms with van der Waals surface area (Å²) in [6.07, 6.45) is 7.28. The van der Waals surface area contributed by atoms with Crippen LogP contribution in [-0.2, 0) is 6.42 Å². The maximum absolute atomic E-state index is 6.02. The number of benzene rings is 1. The highest BCUT2D eigenvalue weighted by molar-refractivity contribution is 6.30. The smallest absolute Gasteiger partial charge is 0.0927 e. The second kappa shape index (κ2) is 6.54. The second-order valence-electron chi connectivity index (χ2n) is 6.68. The van der Waals surface area contributed by atoms with Crippen LogP contribution in [-0.4, -0.2) is 39.8 Å². The molecule has 2 aromatic heterocycles. The van der Waals surface area contributed by atoms with Gasteiger partial charge in [0.1, 0.15) is 0 Å². The minimum atomic E-state index is 0.714. The number of rotatable bonds is 3. The van der Waals surface area contributed by atoms with Gasteiger partial charge in [-0.15, -0.1) is 0 Å². The van der Waals surface area contributed by atoms with E-state index in [2.05, 4.69) is 23.0 Å². The van der Waals surface area contributed by atoms with Crippen molar-refractivity contribution in [2.24, 2.45) is 5.92 Å². The first kappa shape index (κ1) is 15.6. The van der Waals surface area contributed by atoms with Crippen LogP contribution in [0.2, 0.25) is 5.02 Å². The lowest BCUT2D eigenvalue weighted by atomic mass is 9.92. The van der Waals surface area contributed by atoms with Crippen LogP contribution in [0.5, 0.6) is 0 Å². The zero-order valence-corrected chi connectivity index (χ0v) is 14.6. The Labute approximate surface area is 147 Å². The van der Waals surface area contributed by atoms with E-state index >= 15 is 0 Å². The standard InChI is InChI=1S/C19H21ClN4/c1-23-10-7-14(8-11-23)12-18-17-6-9-21-13-19(17)24(22-18)16-4-2-15(20)3-5-16/h2-6,9,13-14H,7-8,10-12H2,1H3. The summed E-state index contributed by atoms with van der Waals surface area (Å²) in [5.41, 5.74) is 3.26. The van der Waals surface area contributed by atoms with E-state index in [9.17, 15) is 0 Å². The highest BCUT2D eigenvalue weighted by Crippen LogP contribution is 2.27. The topological polar surface area (TPSA) is 34.0 Å². The lowest BCUT2D eigenvalue weighted by Crippen LogP contribution is -2.31. The van der Waals surface area contributed by atoms with Gasteiger partial charge in [-0.1, -0.05) is 11.6 Å². The maximum atomic E-state index is 6.02. The van der Waals surface area contributed by atoms with Crippen molar-refractivity contribution in [1.29, 1.82) is 0 Å². The summed E-state index contributed by atoms with van der Waals surface area (Å²) in [6.45, 7) is 2.37. The fourth-order valence-electron chi connectivity index (χ4n) is 3.50. The molecule has 0 unspecified atom stereocenters. The highest BCUT2D eigenvalue weighted by atomic mass is 35.5. The Kier molecular flexibility index (Phi) is 4.25. The minimum absolute atomic E-state index is 0.714. The predicted octanol–water partition coefficient (Wildman–Crippen LogP) is 3.96. The SMILES string of the molecule is CN1CCC(Cc2nn(-c3ccc(Cl)cc3)c3cnccc23)CC1. The van der Waals surface area contributed by atoms with Crippen LogP contribution in [0.3, 0.4) is 0 Å². The number of hydrogen-bond acceptors (Lipinski definition) is 3. The molecule has 3 aromatic rings. The summed E-state index contributed by atoms with van der Waals surface area (Å²) in [4.78, 5) is 6.70. The fourth-order valence-corrected chi connectivity index (χ4v) is 3.62. The Morgan fingerprint density at radius 3 is 2.62 bits per heavy atom. The average molecular weight is 341 g/mol. The molecule has 1 fully saturated rings. The molecule has 0 bridgehead atoms. The molecule has 0 N–H and O–H groups in total. The van der Waals surface area contributed by atoms with E-state index in [1.807, 2.05) is 41.3 Å². The molecule has 0 aliphatic carbocycles. The van der Waals surface area contributed by atoms with Gasteiger partial charge in [0, 0.05) is 16.6 Å². The molecule has 0 atom stereocenters. The normalized spacial score (nSPS) is 16.8. The summed E-state index contributed by atoms with van der Waals surface area (Å²) in [5, 5.41) is 6.87. The molecule has 1 aliphatic heterocycles. The van der Waals surface area contributed by atoms with Gasteiger partial charge in [0.05, 0.1) is 23.1 Å². The fraction of sp³-hybridized carbons (Fsp3) is 0.368. The first-order valence-electron chi connectivity index (χ1n) is 8.47. The minimum Gasteiger partial charge on any atom is -0.306 e. The molecule has 0 amide bonds. The number of hydrogen-bond donors (Lipinski definition) is 0. The summed E-state index contributed by atoms with van der Waals surface area (Å²) in [7, 11) is 2.20. The Balaban J connectivity index is 1.70. The molecule has 5 heteroatoms. The second-order valence-corrected chi connectivity index (χ2v) is 7.11. The molecule has 124 valence electrons. The molecular formula is C19H21ClN4. The lowest BCUT2D eigenvalue weighted by molar-refractivity contribution is 0.218. The third-order valence-electron chi connectivity index (χ3n) is 4.95. The number of pyridine rings is 1. The van der Waals surface area contributed by atoms with Crippen LogP contribution < -0.4 is 0 Å². The number of piperidine rings is 1. The van der Waals surface area contributed by atoms with Gasteiger partial charge in [0.25, 0.3) is 0 Å². The number of halogens is 1. The summed E-state index contributed by atoms with van der Waals surface area (Å²) < 4.78 is 1.99. The Bertz CT molecular complexity index is 832. The van der Waals surface area contributed by atoms with Gasteiger partial charge in [-0.2, -0.15) is 5.10 Å². The van der Waals surface area contributed by atoms with Gasteiger partial charge in [-0.25, -0.2) is 4.68 Å². The zero-order valence-electron chi connectivity index (χ0n) is 13.8. The van der Waals surface area contributed by atoms with Crippen LogP contribution in [0, 0.1) is 5.92 Å². The molecule has 0 saturated carbocycles. The summed E-state index contributed by atoms with van der Waals surface area (Å²) in [6, 6.07) is 9.89. The third-order valence-corrected chi connectivity index (χ3v) is 5.20. The van der Waals surface area contributed by atoms with Crippen molar-refractivity contribution in [1.82, 2.24) is 19.7 Å². The number of aromatic nitrogens is 3. The zero-order chi connectivity index (χ0) is 16.5. The van der Waals surface area contributed by atoms with Gasteiger partial charge < -0.3 is 4.90 Å². The molecule has 3 heterocycles. The number of nitrogens with zero attached hydrogens (tertiary/aromatic N) is 4. The van der Waals surface area contributed by atoms with Crippen LogP contribution >= 0.6 is 11.6 Å². The summed E-state index contributed by atoms with van der Waals surface area (Å²) >= 11 is 6.02. The summed E-state index contributed by atoms with van der Waals surface area (Å²) in [5.74, 6) is 0.714. The Hall–Kier alpha value is -1.91. The van der Waals surface area contributed by atoms with E-state index in [-0.39, 0.29) is 0 Å². The van der Waals surface area contributed by atoms with Crippen molar-refractivity contribution >= 4 is 22.5 Å². The average Bonchev–Trinajstić information content (AvgIpc) is 2.97. The van der Waals surface area contributed by atoms with Crippen LogP contribution in [0.4, 0.5) is 0 Å². The maximum Gasteiger partial charge on any atom is 0.0927 e. The van der Waals surface area contributed by atoms with Gasteiger partial charge in [-0.3, -0.25) is 4.98 Å². The molecule has 4 nitrogen and oxygen atoms in total. The first-order chi connectivity index (χ1) is 11.7. The van der Waals surface area contributed by atoms with Gasteiger partial charge in [0.2, 0.25) is 0 Å². The number of likely N-dealkylation sites (tertiary alicyclic amines) is 1. The van der Waals surface area contributed by atoms with Crippen LogP contribution in [0.25, 0.3) is 16.6 Å². The largest absolute Gasteiger partial charge is 0.306 e. The molecule has 1 aromatic carbocycles. The van der Waals surface area contributed by atoms with E-state index in [1.54, 1.807) is 0 Å². The third kappa shape index (κ3) is 3.04. The number of fused-ring (bicyclic) bond motifs is 1. The monoisotopic (exact) mass is 340 g/mol. The highest BCUT2D eigenvalue weighted by Gasteiger charge is 2.20. The molecule has 0 radical (unpaired) electrons. The Morgan fingerprint density at radius 2 is 1.88 bits per heavy atom. The van der Waals surface area contributed by atoms with Crippen molar-refractivity contribution < 1.29 is 0 Å². The van der Waals surface area contributed by atoms with E-state index in [0.29, 0.717) is 5.92 Å². The molecule has 1 aliphatic rings. The predicted molar refractivity (Wildman–Crippen MR) is 97.8 cm³/mol. The van der Waals surface area contributed by atoms with Crippen molar-refractivity contribution in [3.05, 3.63) is 53.4 Å². The van der Waals surface area contributed by atoms with Gasteiger partial charge in [0.15, 0.2) is 0 Å². The quantitative estimate of drug-likeness (QED) is 0.723. The molecule has 0 spiro atoms. The Morgan fingerprint density at radius 1 is 1.12 bits per heavy atom. The first-order valence-corrected chi connectivity index (χ1v) is 8.84. The molecule has 24 heavy (non-hydrogen) atoms. The van der Waals surface area contributed by atoms with E-state index in [0.717, 1.165) is 22.6 Å². The van der Waals surface area contributed by atoms with Crippen molar-refractivity contribution in [3.8, 4) is 5.69 Å². The van der Waals surface area contributed by atoms with E-state index in [4.69, 9.17) is 16.7 Å². The van der Waals surface area contributed by atoms with E-state index in [1.165, 1.54) is 37.0 Å². The van der Waals surface area contributed by atoms with E-state index < -0.39 is 0 Å². The molecular weight excluding hydrogens is 320 g/mol. The van der Waals surface area contributed by atoms with Crippen molar-refractivity contribution in [2.45, 2.75) is 19.3 Å². The molecule has 4 rings (SSSR count). The lowest BCUT2D eigenvalue weighted by Gasteiger charge is -2.28. The van der Waals surface area contributed by atoms with Gasteiger partial charge >= 0.3 is 0 Å². The molecule has 1 saturated heterocycles. The van der Waals surface area contributed by atoms with Crippen molar-refractivity contribution in [3.63, 3.8) is 0 Å². The van der Waals surface area contributed by atoms with Crippen molar-refractivity contribution in [2.75, 3.05) is 20.1 Å². The van der Waals surface area contributed by atoms with Gasteiger partial charge in [-0.05, 0) is 75.6 Å². The van der Waals surface area contributed by atoms with Crippen LogP contribution in [0.1, 0.15) is 18.5 Å².